The van der Waals surface area contributed by atoms with Gasteiger partial charge in [-0.2, -0.15) is 0 Å². The van der Waals surface area contributed by atoms with Crippen LogP contribution in [0.25, 0.3) is 10.8 Å². The highest BCUT2D eigenvalue weighted by molar-refractivity contribution is 6.07. The molecule has 0 spiro atoms. The van der Waals surface area contributed by atoms with Crippen molar-refractivity contribution in [2.75, 3.05) is 6.61 Å². The maximum Gasteiger partial charge on any atom is 0.252 e. The molecule has 1 saturated carbocycles. The van der Waals surface area contributed by atoms with Gasteiger partial charge in [0, 0.05) is 5.56 Å². The minimum Gasteiger partial charge on any atom is -0.394 e. The first-order chi connectivity index (χ1) is 10.2. The van der Waals surface area contributed by atoms with E-state index in [0.717, 1.165) is 36.5 Å². The van der Waals surface area contributed by atoms with Crippen molar-refractivity contribution < 1.29 is 9.90 Å². The maximum absolute atomic E-state index is 12.7. The number of rotatable bonds is 3. The summed E-state index contributed by atoms with van der Waals surface area (Å²) in [7, 11) is 0. The smallest absolute Gasteiger partial charge is 0.252 e. The minimum absolute atomic E-state index is 0.0174. The van der Waals surface area contributed by atoms with E-state index in [1.807, 2.05) is 42.5 Å². The molecule has 0 aromatic heterocycles. The van der Waals surface area contributed by atoms with Gasteiger partial charge in [0.15, 0.2) is 0 Å². The molecular formula is C18H21NO2. The molecule has 21 heavy (non-hydrogen) atoms. The Hall–Kier alpha value is -1.87. The van der Waals surface area contributed by atoms with E-state index in [-0.39, 0.29) is 12.5 Å². The number of carbonyl (C=O) groups excluding carboxylic acids is 1. The van der Waals surface area contributed by atoms with Gasteiger partial charge in [-0.15, -0.1) is 0 Å². The van der Waals surface area contributed by atoms with E-state index in [4.69, 9.17) is 0 Å². The molecule has 0 aliphatic heterocycles. The van der Waals surface area contributed by atoms with E-state index in [0.29, 0.717) is 5.56 Å². The molecule has 3 heteroatoms. The summed E-state index contributed by atoms with van der Waals surface area (Å²) < 4.78 is 0. The van der Waals surface area contributed by atoms with Crippen LogP contribution in [-0.4, -0.2) is 23.2 Å². The lowest BCUT2D eigenvalue weighted by Crippen LogP contribution is -2.52. The molecule has 1 fully saturated rings. The predicted molar refractivity (Wildman–Crippen MR) is 84.3 cm³/mol. The number of hydrogen-bond donors (Lipinski definition) is 2. The molecule has 110 valence electrons. The SMILES string of the molecule is O=C(NC1(CO)CCCCC1)c1cccc2ccccc12. The molecule has 2 N–H and O–H groups in total. The van der Waals surface area contributed by atoms with Gasteiger partial charge in [-0.25, -0.2) is 0 Å². The summed E-state index contributed by atoms with van der Waals surface area (Å²) in [6.07, 6.45) is 5.04. The van der Waals surface area contributed by atoms with Crippen molar-refractivity contribution in [2.24, 2.45) is 0 Å². The Bertz CT molecular complexity index is 639. The molecular weight excluding hydrogens is 262 g/mol. The number of hydrogen-bond acceptors (Lipinski definition) is 2. The molecule has 0 heterocycles. The van der Waals surface area contributed by atoms with Gasteiger partial charge in [0.25, 0.3) is 5.91 Å². The van der Waals surface area contributed by atoms with Crippen LogP contribution in [0, 0.1) is 0 Å². The first kappa shape index (κ1) is 14.1. The highest BCUT2D eigenvalue weighted by Gasteiger charge is 2.33. The summed E-state index contributed by atoms with van der Waals surface area (Å²) in [5.74, 6) is -0.0808. The van der Waals surface area contributed by atoms with Gasteiger partial charge in [-0.05, 0) is 29.7 Å². The third kappa shape index (κ3) is 2.79. The average Bonchev–Trinajstić information content (AvgIpc) is 2.55. The molecule has 2 aromatic carbocycles. The number of amides is 1. The minimum atomic E-state index is -0.438. The maximum atomic E-state index is 12.7. The van der Waals surface area contributed by atoms with Gasteiger partial charge < -0.3 is 10.4 Å². The van der Waals surface area contributed by atoms with Crippen molar-refractivity contribution >= 4 is 16.7 Å². The number of carbonyl (C=O) groups is 1. The quantitative estimate of drug-likeness (QED) is 0.908. The van der Waals surface area contributed by atoms with Crippen molar-refractivity contribution in [3.05, 3.63) is 48.0 Å². The molecule has 0 bridgehead atoms. The van der Waals surface area contributed by atoms with Gasteiger partial charge in [-0.3, -0.25) is 4.79 Å². The Morgan fingerprint density at radius 1 is 1.05 bits per heavy atom. The Balaban J connectivity index is 1.90. The number of aliphatic hydroxyl groups excluding tert-OH is 1. The Morgan fingerprint density at radius 2 is 1.76 bits per heavy atom. The number of aliphatic hydroxyl groups is 1. The van der Waals surface area contributed by atoms with E-state index in [2.05, 4.69) is 5.32 Å². The van der Waals surface area contributed by atoms with Crippen LogP contribution in [0.5, 0.6) is 0 Å². The van der Waals surface area contributed by atoms with Crippen molar-refractivity contribution in [1.82, 2.24) is 5.32 Å². The van der Waals surface area contributed by atoms with Crippen LogP contribution in [-0.2, 0) is 0 Å². The summed E-state index contributed by atoms with van der Waals surface area (Å²) in [6.45, 7) is 0.0174. The summed E-state index contributed by atoms with van der Waals surface area (Å²) in [5, 5.41) is 14.9. The number of nitrogens with one attached hydrogen (secondary N) is 1. The van der Waals surface area contributed by atoms with Crippen LogP contribution in [0.3, 0.4) is 0 Å². The average molecular weight is 283 g/mol. The van der Waals surface area contributed by atoms with Gasteiger partial charge in [-0.1, -0.05) is 55.7 Å². The van der Waals surface area contributed by atoms with Crippen LogP contribution in [0.4, 0.5) is 0 Å². The normalized spacial score (nSPS) is 17.6. The highest BCUT2D eigenvalue weighted by Crippen LogP contribution is 2.28. The van der Waals surface area contributed by atoms with Crippen LogP contribution in [0.15, 0.2) is 42.5 Å². The molecule has 0 unspecified atom stereocenters. The van der Waals surface area contributed by atoms with Gasteiger partial charge >= 0.3 is 0 Å². The van der Waals surface area contributed by atoms with Crippen molar-refractivity contribution in [1.29, 1.82) is 0 Å². The molecule has 0 radical (unpaired) electrons. The zero-order chi connectivity index (χ0) is 14.7. The number of fused-ring (bicyclic) bond motifs is 1. The lowest BCUT2D eigenvalue weighted by atomic mass is 9.82. The Kier molecular flexibility index (Phi) is 3.93. The lowest BCUT2D eigenvalue weighted by molar-refractivity contribution is 0.0760. The first-order valence-corrected chi connectivity index (χ1v) is 7.65. The fourth-order valence-electron chi connectivity index (χ4n) is 3.28. The molecule has 0 saturated heterocycles. The molecule has 1 aliphatic carbocycles. The van der Waals surface area contributed by atoms with Crippen LogP contribution in [0.2, 0.25) is 0 Å². The molecule has 1 aliphatic rings. The fraction of sp³-hybridized carbons (Fsp3) is 0.389. The van der Waals surface area contributed by atoms with Gasteiger partial charge in [0.1, 0.15) is 0 Å². The second-order valence-corrected chi connectivity index (χ2v) is 5.98. The highest BCUT2D eigenvalue weighted by atomic mass is 16.3. The molecule has 0 atom stereocenters. The summed E-state index contributed by atoms with van der Waals surface area (Å²) in [5.41, 5.74) is 0.248. The van der Waals surface area contributed by atoms with E-state index < -0.39 is 5.54 Å². The molecule has 1 amide bonds. The Labute approximate surface area is 125 Å². The zero-order valence-corrected chi connectivity index (χ0v) is 12.1. The van der Waals surface area contributed by atoms with Gasteiger partial charge in [0.2, 0.25) is 0 Å². The van der Waals surface area contributed by atoms with Crippen molar-refractivity contribution in [3.63, 3.8) is 0 Å². The largest absolute Gasteiger partial charge is 0.394 e. The fourth-order valence-corrected chi connectivity index (χ4v) is 3.28. The second-order valence-electron chi connectivity index (χ2n) is 5.98. The molecule has 3 nitrogen and oxygen atoms in total. The monoisotopic (exact) mass is 283 g/mol. The van der Waals surface area contributed by atoms with E-state index >= 15 is 0 Å². The molecule has 2 aromatic rings. The van der Waals surface area contributed by atoms with Gasteiger partial charge in [0.05, 0.1) is 12.1 Å². The lowest BCUT2D eigenvalue weighted by Gasteiger charge is -2.36. The summed E-state index contributed by atoms with van der Waals surface area (Å²) in [6, 6.07) is 13.7. The molecule has 3 rings (SSSR count). The van der Waals surface area contributed by atoms with E-state index in [1.165, 1.54) is 6.42 Å². The van der Waals surface area contributed by atoms with Crippen LogP contribution < -0.4 is 5.32 Å². The zero-order valence-electron chi connectivity index (χ0n) is 12.1. The first-order valence-electron chi connectivity index (χ1n) is 7.65. The summed E-state index contributed by atoms with van der Waals surface area (Å²) >= 11 is 0. The summed E-state index contributed by atoms with van der Waals surface area (Å²) in [4.78, 5) is 12.7. The topological polar surface area (TPSA) is 49.3 Å². The van der Waals surface area contributed by atoms with Crippen molar-refractivity contribution in [3.8, 4) is 0 Å². The van der Waals surface area contributed by atoms with E-state index in [9.17, 15) is 9.90 Å². The van der Waals surface area contributed by atoms with Crippen LogP contribution >= 0.6 is 0 Å². The third-order valence-corrected chi connectivity index (χ3v) is 4.53. The van der Waals surface area contributed by atoms with Crippen molar-refractivity contribution in [2.45, 2.75) is 37.6 Å². The second kappa shape index (κ2) is 5.86. The number of benzene rings is 2. The Morgan fingerprint density at radius 3 is 2.52 bits per heavy atom. The third-order valence-electron chi connectivity index (χ3n) is 4.53. The van der Waals surface area contributed by atoms with Crippen LogP contribution in [0.1, 0.15) is 42.5 Å². The van der Waals surface area contributed by atoms with E-state index in [1.54, 1.807) is 0 Å². The predicted octanol–water partition coefficient (Wildman–Crippen LogP) is 3.26. The standard InChI is InChI=1S/C18H21NO2/c20-13-18(11-4-1-5-12-18)19-17(21)16-10-6-8-14-7-2-3-9-15(14)16/h2-3,6-10,20H,1,4-5,11-13H2,(H,19,21).